The summed E-state index contributed by atoms with van der Waals surface area (Å²) in [6.45, 7) is 1.45. The molecule has 3 N–H and O–H groups in total. The molecular formula is C10H14ClN3O. The van der Waals surface area contributed by atoms with Gasteiger partial charge in [0.05, 0.1) is 11.8 Å². The Morgan fingerprint density at radius 2 is 2.33 bits per heavy atom. The summed E-state index contributed by atoms with van der Waals surface area (Å²) in [5.74, 6) is 0.682. The lowest BCUT2D eigenvalue weighted by atomic mass is 10.1. The number of hydrogen-bond donors (Lipinski definition) is 2. The first kappa shape index (κ1) is 10.5. The Hall–Kier alpha value is -1.00. The first-order valence-electron chi connectivity index (χ1n) is 5.02. The monoisotopic (exact) mass is 227 g/mol. The van der Waals surface area contributed by atoms with Crippen molar-refractivity contribution >= 4 is 23.1 Å². The van der Waals surface area contributed by atoms with Gasteiger partial charge in [0.15, 0.2) is 5.82 Å². The van der Waals surface area contributed by atoms with Crippen molar-refractivity contribution in [1.82, 2.24) is 4.98 Å². The molecule has 4 nitrogen and oxygen atoms in total. The summed E-state index contributed by atoms with van der Waals surface area (Å²) in [5, 5.41) is 9.99. The molecule has 1 atom stereocenters. The van der Waals surface area contributed by atoms with E-state index in [9.17, 15) is 5.11 Å². The third-order valence-corrected chi connectivity index (χ3v) is 2.78. The van der Waals surface area contributed by atoms with E-state index in [1.807, 2.05) is 4.90 Å². The molecule has 82 valence electrons. The Morgan fingerprint density at radius 3 is 3.07 bits per heavy atom. The number of hydrogen-bond acceptors (Lipinski definition) is 4. The first-order valence-corrected chi connectivity index (χ1v) is 5.39. The van der Waals surface area contributed by atoms with E-state index in [4.69, 9.17) is 17.3 Å². The van der Waals surface area contributed by atoms with E-state index in [2.05, 4.69) is 4.98 Å². The third-order valence-electron chi connectivity index (χ3n) is 2.57. The number of halogens is 1. The van der Waals surface area contributed by atoms with Crippen molar-refractivity contribution in [2.75, 3.05) is 23.7 Å². The molecule has 0 saturated carbocycles. The van der Waals surface area contributed by atoms with Crippen LogP contribution in [-0.2, 0) is 0 Å². The van der Waals surface area contributed by atoms with Gasteiger partial charge in [-0.05, 0) is 25.0 Å². The fourth-order valence-electron chi connectivity index (χ4n) is 1.84. The second-order valence-corrected chi connectivity index (χ2v) is 4.18. The largest absolute Gasteiger partial charge is 0.396 e. The number of β-amino-alcohol motifs (C(OH)–C–C–N with tert-alkyl or cyclic N) is 1. The van der Waals surface area contributed by atoms with E-state index in [1.54, 1.807) is 12.1 Å². The molecule has 0 radical (unpaired) electrons. The molecule has 2 heterocycles. The molecule has 0 aliphatic carbocycles. The summed E-state index contributed by atoms with van der Waals surface area (Å²) >= 11 is 5.82. The van der Waals surface area contributed by atoms with Gasteiger partial charge < -0.3 is 15.7 Å². The van der Waals surface area contributed by atoms with Crippen molar-refractivity contribution < 1.29 is 5.11 Å². The van der Waals surface area contributed by atoms with Crippen LogP contribution in [0.5, 0.6) is 0 Å². The Bertz CT molecular complexity index is 359. The number of nitrogen functional groups attached to an aromatic ring is 1. The zero-order chi connectivity index (χ0) is 10.8. The van der Waals surface area contributed by atoms with Gasteiger partial charge in [0, 0.05) is 13.1 Å². The average molecular weight is 228 g/mol. The van der Waals surface area contributed by atoms with E-state index in [1.165, 1.54) is 0 Å². The molecule has 1 saturated heterocycles. The van der Waals surface area contributed by atoms with Gasteiger partial charge in [-0.25, -0.2) is 4.98 Å². The minimum absolute atomic E-state index is 0.293. The summed E-state index contributed by atoms with van der Waals surface area (Å²) in [5.41, 5.74) is 6.43. The molecule has 1 unspecified atom stereocenters. The summed E-state index contributed by atoms with van der Waals surface area (Å²) in [6.07, 6.45) is 1.50. The molecular weight excluding hydrogens is 214 g/mol. The van der Waals surface area contributed by atoms with Crippen LogP contribution in [0, 0.1) is 0 Å². The highest BCUT2D eigenvalue weighted by molar-refractivity contribution is 6.29. The summed E-state index contributed by atoms with van der Waals surface area (Å²) in [4.78, 5) is 6.17. The number of aliphatic hydroxyl groups excluding tert-OH is 1. The van der Waals surface area contributed by atoms with E-state index >= 15 is 0 Å². The number of piperidine rings is 1. The molecule has 0 aromatic carbocycles. The molecule has 1 fully saturated rings. The number of aliphatic hydroxyl groups is 1. The van der Waals surface area contributed by atoms with Crippen LogP contribution < -0.4 is 10.6 Å². The highest BCUT2D eigenvalue weighted by Crippen LogP contribution is 2.25. The molecule has 0 amide bonds. The van der Waals surface area contributed by atoms with Crippen LogP contribution in [-0.4, -0.2) is 29.3 Å². The maximum absolute atomic E-state index is 9.56. The fourth-order valence-corrected chi connectivity index (χ4v) is 1.98. The second-order valence-electron chi connectivity index (χ2n) is 3.79. The number of pyridine rings is 1. The minimum atomic E-state index is -0.293. The summed E-state index contributed by atoms with van der Waals surface area (Å²) in [6, 6.07) is 3.41. The van der Waals surface area contributed by atoms with Crippen LogP contribution in [0.3, 0.4) is 0 Å². The Morgan fingerprint density at radius 1 is 1.53 bits per heavy atom. The molecule has 1 aliphatic heterocycles. The minimum Gasteiger partial charge on any atom is -0.396 e. The summed E-state index contributed by atoms with van der Waals surface area (Å²) in [7, 11) is 0. The lowest BCUT2D eigenvalue weighted by Gasteiger charge is -2.31. The van der Waals surface area contributed by atoms with E-state index in [0.29, 0.717) is 23.2 Å². The maximum atomic E-state index is 9.56. The standard InChI is InChI=1S/C10H14ClN3O/c11-9-4-3-8(12)10(13-9)14-5-1-2-7(15)6-14/h3-4,7,15H,1-2,5-6,12H2. The highest BCUT2D eigenvalue weighted by atomic mass is 35.5. The van der Waals surface area contributed by atoms with Crippen molar-refractivity contribution in [3.63, 3.8) is 0 Å². The van der Waals surface area contributed by atoms with Gasteiger partial charge in [-0.3, -0.25) is 0 Å². The number of rotatable bonds is 1. The molecule has 5 heteroatoms. The topological polar surface area (TPSA) is 62.4 Å². The zero-order valence-corrected chi connectivity index (χ0v) is 9.11. The molecule has 0 spiro atoms. The molecule has 1 aromatic heterocycles. The average Bonchev–Trinajstić information content (AvgIpc) is 2.22. The lowest BCUT2D eigenvalue weighted by molar-refractivity contribution is 0.154. The van der Waals surface area contributed by atoms with Crippen LogP contribution in [0.25, 0.3) is 0 Å². The third kappa shape index (κ3) is 2.33. The zero-order valence-electron chi connectivity index (χ0n) is 8.36. The highest BCUT2D eigenvalue weighted by Gasteiger charge is 2.20. The van der Waals surface area contributed by atoms with Crippen molar-refractivity contribution in [3.05, 3.63) is 17.3 Å². The van der Waals surface area contributed by atoms with Gasteiger partial charge in [-0.2, -0.15) is 0 Å². The molecule has 15 heavy (non-hydrogen) atoms. The molecule has 0 bridgehead atoms. The van der Waals surface area contributed by atoms with E-state index in [-0.39, 0.29) is 6.10 Å². The first-order chi connectivity index (χ1) is 7.16. The van der Waals surface area contributed by atoms with Gasteiger partial charge in [0.2, 0.25) is 0 Å². The van der Waals surface area contributed by atoms with Gasteiger partial charge >= 0.3 is 0 Å². The maximum Gasteiger partial charge on any atom is 0.153 e. The molecule has 1 aliphatic rings. The smallest absolute Gasteiger partial charge is 0.153 e. The van der Waals surface area contributed by atoms with Crippen LogP contribution in [0.4, 0.5) is 11.5 Å². The predicted molar refractivity (Wildman–Crippen MR) is 61.1 cm³/mol. The summed E-state index contributed by atoms with van der Waals surface area (Å²) < 4.78 is 0. The van der Waals surface area contributed by atoms with Crippen molar-refractivity contribution in [1.29, 1.82) is 0 Å². The lowest BCUT2D eigenvalue weighted by Crippen LogP contribution is -2.39. The van der Waals surface area contributed by atoms with E-state index < -0.39 is 0 Å². The van der Waals surface area contributed by atoms with Crippen LogP contribution in [0.1, 0.15) is 12.8 Å². The quantitative estimate of drug-likeness (QED) is 0.710. The number of anilines is 2. The second kappa shape index (κ2) is 4.24. The molecule has 2 rings (SSSR count). The van der Waals surface area contributed by atoms with Crippen molar-refractivity contribution in [2.24, 2.45) is 0 Å². The van der Waals surface area contributed by atoms with Gasteiger partial charge in [-0.15, -0.1) is 0 Å². The van der Waals surface area contributed by atoms with Crippen molar-refractivity contribution in [3.8, 4) is 0 Å². The number of nitrogens with two attached hydrogens (primary N) is 1. The normalized spacial score (nSPS) is 21.7. The SMILES string of the molecule is Nc1ccc(Cl)nc1N1CCCC(O)C1. The number of nitrogens with zero attached hydrogens (tertiary/aromatic N) is 2. The number of aromatic nitrogens is 1. The Kier molecular flexibility index (Phi) is 2.98. The van der Waals surface area contributed by atoms with Crippen LogP contribution >= 0.6 is 11.6 Å². The Balaban J connectivity index is 2.24. The van der Waals surface area contributed by atoms with Crippen molar-refractivity contribution in [2.45, 2.75) is 18.9 Å². The van der Waals surface area contributed by atoms with Gasteiger partial charge in [0.25, 0.3) is 0 Å². The predicted octanol–water partition coefficient (Wildman–Crippen LogP) is 1.28. The van der Waals surface area contributed by atoms with Gasteiger partial charge in [0.1, 0.15) is 5.15 Å². The Labute approximate surface area is 93.7 Å². The van der Waals surface area contributed by atoms with Crippen LogP contribution in [0.15, 0.2) is 12.1 Å². The van der Waals surface area contributed by atoms with Crippen LogP contribution in [0.2, 0.25) is 5.15 Å². The van der Waals surface area contributed by atoms with Gasteiger partial charge in [-0.1, -0.05) is 11.6 Å². The molecule has 1 aromatic rings. The fraction of sp³-hybridized carbons (Fsp3) is 0.500. The van der Waals surface area contributed by atoms with E-state index in [0.717, 1.165) is 19.4 Å².